The fourth-order valence-electron chi connectivity index (χ4n) is 4.88. The van der Waals surface area contributed by atoms with Gasteiger partial charge < -0.3 is 9.94 Å². The Morgan fingerprint density at radius 1 is 0.909 bits per heavy atom. The van der Waals surface area contributed by atoms with Gasteiger partial charge in [-0.15, -0.1) is 0 Å². The van der Waals surface area contributed by atoms with Gasteiger partial charge in [0.1, 0.15) is 18.5 Å². The Bertz CT molecular complexity index is 1120. The molecule has 5 nitrogen and oxygen atoms in total. The summed E-state index contributed by atoms with van der Waals surface area (Å²) >= 11 is 0. The minimum Gasteiger partial charge on any atom is -0.393 e. The van der Waals surface area contributed by atoms with Gasteiger partial charge in [0.05, 0.1) is 5.71 Å². The van der Waals surface area contributed by atoms with E-state index < -0.39 is 6.10 Å². The first-order chi connectivity index (χ1) is 16.2. The number of hydrogen-bond acceptors (Lipinski definition) is 5. The lowest BCUT2D eigenvalue weighted by Gasteiger charge is -2.35. The van der Waals surface area contributed by atoms with E-state index in [-0.39, 0.29) is 12.4 Å². The van der Waals surface area contributed by atoms with Crippen LogP contribution in [0.15, 0.2) is 65.8 Å². The van der Waals surface area contributed by atoms with Crippen molar-refractivity contribution in [2.45, 2.75) is 25.5 Å². The van der Waals surface area contributed by atoms with Crippen LogP contribution in [-0.2, 0) is 17.8 Å². The number of oxime groups is 1. The van der Waals surface area contributed by atoms with Gasteiger partial charge in [0, 0.05) is 44.8 Å². The van der Waals surface area contributed by atoms with E-state index in [9.17, 15) is 9.50 Å². The second kappa shape index (κ2) is 10.00. The molecular formula is C27H30FN3O2. The molecule has 0 saturated carbocycles. The third-order valence-corrected chi connectivity index (χ3v) is 6.66. The van der Waals surface area contributed by atoms with Crippen molar-refractivity contribution in [1.82, 2.24) is 9.80 Å². The molecule has 1 heterocycles. The zero-order valence-corrected chi connectivity index (χ0v) is 18.8. The first-order valence-corrected chi connectivity index (χ1v) is 11.7. The van der Waals surface area contributed by atoms with Gasteiger partial charge in [0.25, 0.3) is 0 Å². The Kier molecular flexibility index (Phi) is 6.67. The molecule has 6 heteroatoms. The van der Waals surface area contributed by atoms with Crippen molar-refractivity contribution in [3.63, 3.8) is 0 Å². The summed E-state index contributed by atoms with van der Waals surface area (Å²) < 4.78 is 13.1. The zero-order valence-electron chi connectivity index (χ0n) is 18.8. The first-order valence-electron chi connectivity index (χ1n) is 11.7. The van der Waals surface area contributed by atoms with Crippen molar-refractivity contribution in [3.05, 3.63) is 83.2 Å². The van der Waals surface area contributed by atoms with Crippen LogP contribution in [0.5, 0.6) is 0 Å². The molecule has 0 radical (unpaired) electrons. The van der Waals surface area contributed by atoms with Crippen LogP contribution in [-0.4, -0.2) is 66.1 Å². The smallest absolute Gasteiger partial charge is 0.144 e. The Morgan fingerprint density at radius 2 is 1.67 bits per heavy atom. The number of nitrogens with zero attached hydrogens (tertiary/aromatic N) is 3. The van der Waals surface area contributed by atoms with E-state index in [2.05, 4.69) is 51.4 Å². The maximum absolute atomic E-state index is 13.1. The summed E-state index contributed by atoms with van der Waals surface area (Å²) in [5.41, 5.74) is 4.60. The van der Waals surface area contributed by atoms with E-state index in [4.69, 9.17) is 4.84 Å². The first kappa shape index (κ1) is 22.0. The molecule has 1 aliphatic heterocycles. The average Bonchev–Trinajstić information content (AvgIpc) is 3.25. The van der Waals surface area contributed by atoms with Crippen molar-refractivity contribution >= 4 is 16.5 Å². The number of rotatable bonds is 7. The number of aliphatic hydroxyl groups excluding tert-OH is 1. The van der Waals surface area contributed by atoms with Crippen LogP contribution in [0.1, 0.15) is 23.1 Å². The van der Waals surface area contributed by atoms with Crippen molar-refractivity contribution < 1.29 is 14.3 Å². The number of aliphatic hydroxyl groups is 1. The molecule has 1 N–H and O–H groups in total. The lowest BCUT2D eigenvalue weighted by Crippen LogP contribution is -2.48. The highest BCUT2D eigenvalue weighted by Crippen LogP contribution is 2.30. The van der Waals surface area contributed by atoms with E-state index in [1.165, 1.54) is 34.0 Å². The number of halogens is 1. The van der Waals surface area contributed by atoms with Gasteiger partial charge in [-0.3, -0.25) is 9.80 Å². The second-order valence-electron chi connectivity index (χ2n) is 9.00. The van der Waals surface area contributed by atoms with E-state index in [0.29, 0.717) is 6.54 Å². The fraction of sp³-hybridized carbons (Fsp3) is 0.370. The van der Waals surface area contributed by atoms with Gasteiger partial charge in [-0.25, -0.2) is 4.39 Å². The van der Waals surface area contributed by atoms with Crippen LogP contribution < -0.4 is 0 Å². The Hall–Kier alpha value is -2.80. The highest BCUT2D eigenvalue weighted by atomic mass is 19.1. The number of piperazine rings is 1. The minimum atomic E-state index is -0.574. The topological polar surface area (TPSA) is 48.3 Å². The summed E-state index contributed by atoms with van der Waals surface area (Å²) in [7, 11) is 0. The number of β-amino-alcohol motifs (C(OH)–C–C–N with tert-alkyl or cyclic N) is 1. The van der Waals surface area contributed by atoms with E-state index >= 15 is 0 Å². The van der Waals surface area contributed by atoms with Gasteiger partial charge in [-0.05, 0) is 46.9 Å². The molecule has 1 atom stereocenters. The van der Waals surface area contributed by atoms with E-state index in [0.717, 1.165) is 56.8 Å². The third kappa shape index (κ3) is 5.24. The predicted octanol–water partition coefficient (Wildman–Crippen LogP) is 3.82. The third-order valence-electron chi connectivity index (χ3n) is 6.66. The summed E-state index contributed by atoms with van der Waals surface area (Å²) in [6.45, 7) is 5.25. The maximum Gasteiger partial charge on any atom is 0.144 e. The van der Waals surface area contributed by atoms with Gasteiger partial charge in [-0.1, -0.05) is 53.7 Å². The molecule has 1 aliphatic carbocycles. The van der Waals surface area contributed by atoms with Crippen LogP contribution in [0.4, 0.5) is 4.39 Å². The molecule has 33 heavy (non-hydrogen) atoms. The summed E-state index contributed by atoms with van der Waals surface area (Å²) in [5.74, 6) is -0.199. The molecule has 0 amide bonds. The molecule has 2 aliphatic rings. The number of fused-ring (bicyclic) bond motifs is 3. The van der Waals surface area contributed by atoms with Crippen LogP contribution in [0.2, 0.25) is 0 Å². The summed E-state index contributed by atoms with van der Waals surface area (Å²) in [6, 6.07) is 19.4. The number of aryl methyl sites for hydroxylation is 1. The number of benzene rings is 3. The van der Waals surface area contributed by atoms with Crippen molar-refractivity contribution in [3.8, 4) is 0 Å². The maximum atomic E-state index is 13.1. The van der Waals surface area contributed by atoms with Crippen LogP contribution in [0, 0.1) is 5.82 Å². The highest BCUT2D eigenvalue weighted by molar-refractivity contribution is 6.08. The lowest BCUT2D eigenvalue weighted by atomic mass is 10.0. The summed E-state index contributed by atoms with van der Waals surface area (Å²) in [4.78, 5) is 10.2. The van der Waals surface area contributed by atoms with Gasteiger partial charge in [-0.2, -0.15) is 0 Å². The Balaban J connectivity index is 1.08. The Labute approximate surface area is 194 Å². The van der Waals surface area contributed by atoms with E-state index in [1.807, 2.05) is 12.1 Å². The van der Waals surface area contributed by atoms with Crippen LogP contribution in [0.25, 0.3) is 10.8 Å². The normalized spacial score (nSPS) is 19.2. The largest absolute Gasteiger partial charge is 0.393 e. The lowest BCUT2D eigenvalue weighted by molar-refractivity contribution is 0.00829. The zero-order chi connectivity index (χ0) is 22.6. The van der Waals surface area contributed by atoms with Crippen molar-refractivity contribution in [1.29, 1.82) is 0 Å². The molecule has 1 fully saturated rings. The van der Waals surface area contributed by atoms with Gasteiger partial charge >= 0.3 is 0 Å². The second-order valence-corrected chi connectivity index (χ2v) is 9.00. The highest BCUT2D eigenvalue weighted by Gasteiger charge is 2.22. The summed E-state index contributed by atoms with van der Waals surface area (Å²) in [6.07, 6.45) is 1.27. The SMILES string of the molecule is OC(CO/N=C1\CCc2c1ccc1ccccc21)CN1CCN(Cc2ccc(F)cc2)CC1. The molecule has 1 unspecified atom stereocenters. The van der Waals surface area contributed by atoms with Crippen LogP contribution in [0.3, 0.4) is 0 Å². The molecule has 0 aromatic heterocycles. The number of hydrogen-bond donors (Lipinski definition) is 1. The van der Waals surface area contributed by atoms with Gasteiger partial charge in [0.2, 0.25) is 0 Å². The van der Waals surface area contributed by atoms with E-state index in [1.54, 1.807) is 0 Å². The van der Waals surface area contributed by atoms with Crippen molar-refractivity contribution in [2.75, 3.05) is 39.3 Å². The predicted molar refractivity (Wildman–Crippen MR) is 129 cm³/mol. The van der Waals surface area contributed by atoms with Crippen molar-refractivity contribution in [2.24, 2.45) is 5.16 Å². The molecule has 5 rings (SSSR count). The quantitative estimate of drug-likeness (QED) is 0.560. The Morgan fingerprint density at radius 3 is 2.48 bits per heavy atom. The summed E-state index contributed by atoms with van der Waals surface area (Å²) in [5, 5.41) is 17.4. The molecule has 0 spiro atoms. The average molecular weight is 448 g/mol. The fourth-order valence-corrected chi connectivity index (χ4v) is 4.88. The molecule has 0 bridgehead atoms. The molecular weight excluding hydrogens is 417 g/mol. The van der Waals surface area contributed by atoms with Gasteiger partial charge in [0.15, 0.2) is 0 Å². The molecule has 1 saturated heterocycles. The molecule has 172 valence electrons. The van der Waals surface area contributed by atoms with Crippen LogP contribution >= 0.6 is 0 Å². The molecule has 3 aromatic rings. The standard InChI is InChI=1S/C27H30FN3O2/c28-22-8-5-20(6-9-22)17-30-13-15-31(16-14-30)18-23(32)19-33-29-27-12-11-25-24-4-2-1-3-21(24)7-10-26(25)27/h1-10,23,32H,11-19H2/b29-27+. The molecule has 3 aromatic carbocycles. The monoisotopic (exact) mass is 447 g/mol. The minimum absolute atomic E-state index is 0.197.